The van der Waals surface area contributed by atoms with Crippen molar-refractivity contribution in [2.45, 2.75) is 19.9 Å². The van der Waals surface area contributed by atoms with E-state index in [1.54, 1.807) is 6.07 Å². The van der Waals surface area contributed by atoms with Gasteiger partial charge in [-0.05, 0) is 30.7 Å². The van der Waals surface area contributed by atoms with Gasteiger partial charge in [0.2, 0.25) is 0 Å². The van der Waals surface area contributed by atoms with Gasteiger partial charge in [0.25, 0.3) is 0 Å². The molecule has 120 valence electrons. The average molecular weight is 336 g/mol. The van der Waals surface area contributed by atoms with Crippen LogP contribution in [0, 0.1) is 0 Å². The first-order valence-corrected chi connectivity index (χ1v) is 9.19. The summed E-state index contributed by atoms with van der Waals surface area (Å²) in [5.74, 6) is 0.818. The zero-order chi connectivity index (χ0) is 15.9. The Morgan fingerprint density at radius 2 is 2.05 bits per heavy atom. The maximum absolute atomic E-state index is 11.1. The number of benzene rings is 1. The molecule has 0 heterocycles. The number of hydrogen-bond donors (Lipinski definition) is 1. The predicted molar refractivity (Wildman–Crippen MR) is 85.2 cm³/mol. The van der Waals surface area contributed by atoms with Crippen LogP contribution in [-0.4, -0.2) is 40.7 Å². The van der Waals surface area contributed by atoms with E-state index in [-0.39, 0.29) is 12.4 Å². The van der Waals surface area contributed by atoms with Crippen molar-refractivity contribution in [3.05, 3.63) is 22.7 Å². The van der Waals surface area contributed by atoms with E-state index in [1.165, 1.54) is 7.11 Å². The molecule has 0 amide bonds. The van der Waals surface area contributed by atoms with Crippen molar-refractivity contribution in [1.82, 2.24) is 5.32 Å². The molecule has 1 N–H and O–H groups in total. The third kappa shape index (κ3) is 6.54. The molecule has 0 fully saturated rings. The van der Waals surface area contributed by atoms with E-state index < -0.39 is 9.84 Å². The van der Waals surface area contributed by atoms with E-state index in [2.05, 4.69) is 12.2 Å². The highest BCUT2D eigenvalue weighted by atomic mass is 35.5. The Morgan fingerprint density at radius 1 is 1.33 bits per heavy atom. The van der Waals surface area contributed by atoms with Crippen molar-refractivity contribution in [2.75, 3.05) is 32.3 Å². The number of halogens is 1. The summed E-state index contributed by atoms with van der Waals surface area (Å²) >= 11 is 6.19. The van der Waals surface area contributed by atoms with Crippen LogP contribution < -0.4 is 14.8 Å². The second kappa shape index (κ2) is 8.46. The molecular weight excluding hydrogens is 314 g/mol. The SMILES string of the molecule is CCCNCc1cc(Cl)c(OCCS(C)(=O)=O)c(OC)c1. The number of methoxy groups -OCH3 is 1. The normalized spacial score (nSPS) is 11.4. The molecule has 0 radical (unpaired) electrons. The molecule has 0 saturated carbocycles. The summed E-state index contributed by atoms with van der Waals surface area (Å²) in [7, 11) is -1.54. The fourth-order valence-corrected chi connectivity index (χ4v) is 2.39. The lowest BCUT2D eigenvalue weighted by molar-refractivity contribution is 0.311. The van der Waals surface area contributed by atoms with Gasteiger partial charge in [-0.25, -0.2) is 8.42 Å². The van der Waals surface area contributed by atoms with Crippen molar-refractivity contribution >= 4 is 21.4 Å². The number of hydrogen-bond acceptors (Lipinski definition) is 5. The largest absolute Gasteiger partial charge is 0.493 e. The minimum atomic E-state index is -3.07. The molecule has 0 saturated heterocycles. The van der Waals surface area contributed by atoms with Crippen LogP contribution in [0.4, 0.5) is 0 Å². The fourth-order valence-electron chi connectivity index (χ4n) is 1.72. The molecule has 1 rings (SSSR count). The summed E-state index contributed by atoms with van der Waals surface area (Å²) in [6.07, 6.45) is 2.22. The van der Waals surface area contributed by atoms with Gasteiger partial charge >= 0.3 is 0 Å². The predicted octanol–water partition coefficient (Wildman–Crippen LogP) is 2.27. The summed E-state index contributed by atoms with van der Waals surface area (Å²) in [5, 5.41) is 3.69. The van der Waals surface area contributed by atoms with Gasteiger partial charge in [0.15, 0.2) is 21.3 Å². The van der Waals surface area contributed by atoms with Gasteiger partial charge in [0.1, 0.15) is 6.61 Å². The number of sulfone groups is 1. The van der Waals surface area contributed by atoms with E-state index >= 15 is 0 Å². The van der Waals surface area contributed by atoms with Crippen LogP contribution in [0.1, 0.15) is 18.9 Å². The Kier molecular flexibility index (Phi) is 7.28. The van der Waals surface area contributed by atoms with Gasteiger partial charge < -0.3 is 14.8 Å². The first kappa shape index (κ1) is 18.1. The quantitative estimate of drug-likeness (QED) is 0.701. The van der Waals surface area contributed by atoms with Crippen molar-refractivity contribution in [1.29, 1.82) is 0 Å². The van der Waals surface area contributed by atoms with Crippen molar-refractivity contribution in [3.8, 4) is 11.5 Å². The maximum atomic E-state index is 11.1. The van der Waals surface area contributed by atoms with Crippen LogP contribution in [0.25, 0.3) is 0 Å². The van der Waals surface area contributed by atoms with E-state index in [0.717, 1.165) is 24.8 Å². The van der Waals surface area contributed by atoms with Crippen LogP contribution >= 0.6 is 11.6 Å². The van der Waals surface area contributed by atoms with Crippen LogP contribution in [-0.2, 0) is 16.4 Å². The monoisotopic (exact) mass is 335 g/mol. The smallest absolute Gasteiger partial charge is 0.179 e. The highest BCUT2D eigenvalue weighted by Crippen LogP contribution is 2.36. The number of rotatable bonds is 9. The lowest BCUT2D eigenvalue weighted by Gasteiger charge is -2.14. The van der Waals surface area contributed by atoms with Crippen molar-refractivity contribution in [2.24, 2.45) is 0 Å². The minimum Gasteiger partial charge on any atom is -0.493 e. The lowest BCUT2D eigenvalue weighted by atomic mass is 10.2. The fraction of sp³-hybridized carbons (Fsp3) is 0.571. The van der Waals surface area contributed by atoms with Gasteiger partial charge in [-0.15, -0.1) is 0 Å². The van der Waals surface area contributed by atoms with E-state index in [9.17, 15) is 8.42 Å². The Morgan fingerprint density at radius 3 is 2.62 bits per heavy atom. The Balaban J connectivity index is 2.79. The molecule has 0 aliphatic rings. The topological polar surface area (TPSA) is 64.6 Å². The first-order chi connectivity index (χ1) is 9.87. The Hall–Kier alpha value is -0.980. The molecule has 0 spiro atoms. The van der Waals surface area contributed by atoms with Gasteiger partial charge in [-0.1, -0.05) is 18.5 Å². The molecule has 0 aliphatic heterocycles. The molecular formula is C14H22ClNO4S. The molecule has 1 aromatic rings. The van der Waals surface area contributed by atoms with Crippen molar-refractivity contribution < 1.29 is 17.9 Å². The third-order valence-electron chi connectivity index (χ3n) is 2.75. The summed E-state index contributed by atoms with van der Waals surface area (Å²) in [5.41, 5.74) is 0.987. The van der Waals surface area contributed by atoms with E-state index in [4.69, 9.17) is 21.1 Å². The first-order valence-electron chi connectivity index (χ1n) is 6.75. The molecule has 0 bridgehead atoms. The second-order valence-electron chi connectivity index (χ2n) is 4.76. The average Bonchev–Trinajstić information content (AvgIpc) is 2.39. The molecule has 7 heteroatoms. The molecule has 1 aromatic carbocycles. The zero-order valence-electron chi connectivity index (χ0n) is 12.6. The molecule has 21 heavy (non-hydrogen) atoms. The summed E-state index contributed by atoms with van der Waals surface area (Å²) < 4.78 is 32.9. The number of nitrogens with one attached hydrogen (secondary N) is 1. The highest BCUT2D eigenvalue weighted by Gasteiger charge is 2.13. The third-order valence-corrected chi connectivity index (χ3v) is 3.93. The summed E-state index contributed by atoms with van der Waals surface area (Å²) in [4.78, 5) is 0. The van der Waals surface area contributed by atoms with E-state index in [1.807, 2.05) is 6.07 Å². The van der Waals surface area contributed by atoms with Crippen LogP contribution in [0.3, 0.4) is 0 Å². The molecule has 0 aromatic heterocycles. The van der Waals surface area contributed by atoms with Crippen LogP contribution in [0.2, 0.25) is 5.02 Å². The lowest BCUT2D eigenvalue weighted by Crippen LogP contribution is -2.14. The van der Waals surface area contributed by atoms with Gasteiger partial charge in [0.05, 0.1) is 17.9 Å². The molecule has 0 aliphatic carbocycles. The Bertz CT molecular complexity index is 560. The van der Waals surface area contributed by atoms with Crippen LogP contribution in [0.15, 0.2) is 12.1 Å². The maximum Gasteiger partial charge on any atom is 0.179 e. The van der Waals surface area contributed by atoms with E-state index in [0.29, 0.717) is 23.1 Å². The molecule has 0 atom stereocenters. The zero-order valence-corrected chi connectivity index (χ0v) is 14.2. The molecule has 5 nitrogen and oxygen atoms in total. The van der Waals surface area contributed by atoms with Crippen molar-refractivity contribution in [3.63, 3.8) is 0 Å². The standard InChI is InChI=1S/C14H22ClNO4S/c1-4-5-16-10-11-8-12(15)14(13(9-11)19-2)20-6-7-21(3,17)18/h8-9,16H,4-7,10H2,1-3H3. The van der Waals surface area contributed by atoms with Gasteiger partial charge in [0, 0.05) is 12.8 Å². The number of ether oxygens (including phenoxy) is 2. The highest BCUT2D eigenvalue weighted by molar-refractivity contribution is 7.90. The van der Waals surface area contributed by atoms with Gasteiger partial charge in [-0.3, -0.25) is 0 Å². The second-order valence-corrected chi connectivity index (χ2v) is 7.43. The van der Waals surface area contributed by atoms with Crippen LogP contribution in [0.5, 0.6) is 11.5 Å². The molecule has 0 unspecified atom stereocenters. The summed E-state index contributed by atoms with van der Waals surface area (Å²) in [6, 6.07) is 3.63. The minimum absolute atomic E-state index is 0.0440. The Labute approximate surface area is 131 Å². The van der Waals surface area contributed by atoms with Gasteiger partial charge in [-0.2, -0.15) is 0 Å². The summed E-state index contributed by atoms with van der Waals surface area (Å²) in [6.45, 7) is 3.75.